The SMILES string of the molecule is CCOc1ccc(-n2nc(C(=O)Nc3ccc(C)c(C)c3)nc2-c2ccc(F)cc2)cc1. The number of aromatic nitrogens is 3. The molecule has 1 heterocycles. The van der Waals surface area contributed by atoms with Gasteiger partial charge in [0.05, 0.1) is 12.3 Å². The van der Waals surface area contributed by atoms with E-state index in [4.69, 9.17) is 4.74 Å². The molecule has 6 nitrogen and oxygen atoms in total. The van der Waals surface area contributed by atoms with Crippen molar-refractivity contribution in [1.29, 1.82) is 0 Å². The molecule has 0 aliphatic rings. The summed E-state index contributed by atoms with van der Waals surface area (Å²) in [7, 11) is 0. The predicted molar refractivity (Wildman–Crippen MR) is 122 cm³/mol. The minimum absolute atomic E-state index is 0.0106. The average molecular weight is 430 g/mol. The number of anilines is 1. The van der Waals surface area contributed by atoms with Crippen LogP contribution in [-0.4, -0.2) is 27.3 Å². The van der Waals surface area contributed by atoms with Crippen LogP contribution in [0.3, 0.4) is 0 Å². The molecule has 4 aromatic rings. The van der Waals surface area contributed by atoms with E-state index in [0.717, 1.165) is 16.9 Å². The Morgan fingerprint density at radius 3 is 2.38 bits per heavy atom. The normalized spacial score (nSPS) is 10.8. The molecule has 0 saturated heterocycles. The van der Waals surface area contributed by atoms with Crippen molar-refractivity contribution in [2.24, 2.45) is 0 Å². The summed E-state index contributed by atoms with van der Waals surface area (Å²) in [6.07, 6.45) is 0. The van der Waals surface area contributed by atoms with Crippen LogP contribution in [0.25, 0.3) is 17.1 Å². The number of aryl methyl sites for hydroxylation is 2. The van der Waals surface area contributed by atoms with Crippen molar-refractivity contribution >= 4 is 11.6 Å². The van der Waals surface area contributed by atoms with E-state index >= 15 is 0 Å². The molecule has 1 aromatic heterocycles. The first-order chi connectivity index (χ1) is 15.4. The number of carbonyl (C=O) groups is 1. The van der Waals surface area contributed by atoms with Gasteiger partial charge in [-0.05, 0) is 92.6 Å². The number of amides is 1. The van der Waals surface area contributed by atoms with Gasteiger partial charge in [-0.1, -0.05) is 6.07 Å². The lowest BCUT2D eigenvalue weighted by Crippen LogP contribution is -2.14. The van der Waals surface area contributed by atoms with Gasteiger partial charge < -0.3 is 10.1 Å². The van der Waals surface area contributed by atoms with E-state index in [2.05, 4.69) is 15.4 Å². The molecule has 1 N–H and O–H groups in total. The van der Waals surface area contributed by atoms with Crippen LogP contribution in [0.1, 0.15) is 28.7 Å². The van der Waals surface area contributed by atoms with Gasteiger partial charge in [-0.3, -0.25) is 4.79 Å². The zero-order chi connectivity index (χ0) is 22.7. The summed E-state index contributed by atoms with van der Waals surface area (Å²) in [5, 5.41) is 7.30. The topological polar surface area (TPSA) is 69.0 Å². The molecular weight excluding hydrogens is 407 g/mol. The Morgan fingerprint density at radius 2 is 1.72 bits per heavy atom. The monoisotopic (exact) mass is 430 g/mol. The molecular formula is C25H23FN4O2. The van der Waals surface area contributed by atoms with Gasteiger partial charge >= 0.3 is 0 Å². The quantitative estimate of drug-likeness (QED) is 0.448. The van der Waals surface area contributed by atoms with Crippen LogP contribution < -0.4 is 10.1 Å². The third-order valence-electron chi connectivity index (χ3n) is 5.07. The van der Waals surface area contributed by atoms with Gasteiger partial charge in [-0.2, -0.15) is 0 Å². The van der Waals surface area contributed by atoms with E-state index in [-0.39, 0.29) is 11.6 Å². The van der Waals surface area contributed by atoms with Crippen LogP contribution in [0.15, 0.2) is 66.7 Å². The Hall–Kier alpha value is -4.00. The molecule has 0 fully saturated rings. The fraction of sp³-hybridized carbons (Fsp3) is 0.160. The number of nitrogens with zero attached hydrogens (tertiary/aromatic N) is 3. The van der Waals surface area contributed by atoms with Gasteiger partial charge in [-0.25, -0.2) is 14.1 Å². The van der Waals surface area contributed by atoms with Crippen molar-refractivity contribution in [2.75, 3.05) is 11.9 Å². The van der Waals surface area contributed by atoms with E-state index in [1.807, 2.05) is 63.2 Å². The summed E-state index contributed by atoms with van der Waals surface area (Å²) in [5.74, 6) is 0.387. The lowest BCUT2D eigenvalue weighted by molar-refractivity contribution is 0.101. The Kier molecular flexibility index (Phi) is 5.98. The molecule has 0 aliphatic carbocycles. The Bertz CT molecular complexity index is 1250. The van der Waals surface area contributed by atoms with E-state index in [1.165, 1.54) is 12.1 Å². The van der Waals surface area contributed by atoms with Crippen molar-refractivity contribution < 1.29 is 13.9 Å². The Labute approximate surface area is 185 Å². The summed E-state index contributed by atoms with van der Waals surface area (Å²) >= 11 is 0. The van der Waals surface area contributed by atoms with Crippen LogP contribution in [-0.2, 0) is 0 Å². The third kappa shape index (κ3) is 4.51. The fourth-order valence-corrected chi connectivity index (χ4v) is 3.23. The standard InChI is InChI=1S/C25H23FN4O2/c1-4-32-22-13-11-21(12-14-22)30-24(18-6-8-19(26)9-7-18)28-23(29-30)25(31)27-20-10-5-16(2)17(3)15-20/h5-15H,4H2,1-3H3,(H,27,31). The molecule has 0 atom stereocenters. The van der Waals surface area contributed by atoms with Gasteiger partial charge in [0, 0.05) is 11.3 Å². The summed E-state index contributed by atoms with van der Waals surface area (Å²) in [6, 6.07) is 18.9. The van der Waals surface area contributed by atoms with Crippen LogP contribution in [0.2, 0.25) is 0 Å². The maximum absolute atomic E-state index is 13.5. The highest BCUT2D eigenvalue weighted by Crippen LogP contribution is 2.24. The molecule has 0 bridgehead atoms. The van der Waals surface area contributed by atoms with E-state index in [9.17, 15) is 9.18 Å². The Morgan fingerprint density at radius 1 is 1.00 bits per heavy atom. The fourth-order valence-electron chi connectivity index (χ4n) is 3.23. The Balaban J connectivity index is 1.72. The molecule has 4 rings (SSSR count). The maximum atomic E-state index is 13.5. The van der Waals surface area contributed by atoms with Gasteiger partial charge in [0.2, 0.25) is 5.82 Å². The van der Waals surface area contributed by atoms with Gasteiger partial charge in [0.25, 0.3) is 5.91 Å². The first-order valence-corrected chi connectivity index (χ1v) is 10.3. The van der Waals surface area contributed by atoms with Crippen LogP contribution in [0.5, 0.6) is 5.75 Å². The van der Waals surface area contributed by atoms with Crippen LogP contribution >= 0.6 is 0 Å². The lowest BCUT2D eigenvalue weighted by atomic mass is 10.1. The molecule has 0 spiro atoms. The average Bonchev–Trinajstić information content (AvgIpc) is 3.23. The van der Waals surface area contributed by atoms with Crippen molar-refractivity contribution in [3.63, 3.8) is 0 Å². The van der Waals surface area contributed by atoms with Gasteiger partial charge in [0.15, 0.2) is 5.82 Å². The molecule has 0 aliphatic heterocycles. The lowest BCUT2D eigenvalue weighted by Gasteiger charge is -2.08. The number of carbonyl (C=O) groups excluding carboxylic acids is 1. The second kappa shape index (κ2) is 9.01. The number of hydrogen-bond acceptors (Lipinski definition) is 4. The second-order valence-electron chi connectivity index (χ2n) is 7.36. The maximum Gasteiger partial charge on any atom is 0.295 e. The van der Waals surface area contributed by atoms with Gasteiger partial charge in [0.1, 0.15) is 11.6 Å². The van der Waals surface area contributed by atoms with Crippen LogP contribution in [0.4, 0.5) is 10.1 Å². The molecule has 0 radical (unpaired) electrons. The summed E-state index contributed by atoms with van der Waals surface area (Å²) in [4.78, 5) is 17.4. The highest BCUT2D eigenvalue weighted by molar-refractivity contribution is 6.01. The van der Waals surface area contributed by atoms with Crippen molar-refractivity contribution in [2.45, 2.75) is 20.8 Å². The summed E-state index contributed by atoms with van der Waals surface area (Å²) in [6.45, 7) is 6.47. The number of rotatable bonds is 6. The number of halogens is 1. The van der Waals surface area contributed by atoms with Crippen molar-refractivity contribution in [3.05, 3.63) is 89.5 Å². The largest absolute Gasteiger partial charge is 0.494 e. The molecule has 1 amide bonds. The first-order valence-electron chi connectivity index (χ1n) is 10.3. The molecule has 3 aromatic carbocycles. The number of benzene rings is 3. The highest BCUT2D eigenvalue weighted by Gasteiger charge is 2.19. The molecule has 162 valence electrons. The van der Waals surface area contributed by atoms with E-state index < -0.39 is 5.91 Å². The summed E-state index contributed by atoms with van der Waals surface area (Å²) in [5.41, 5.74) is 4.21. The third-order valence-corrected chi connectivity index (χ3v) is 5.07. The van der Waals surface area contributed by atoms with Crippen molar-refractivity contribution in [3.8, 4) is 22.8 Å². The molecule has 0 saturated carbocycles. The zero-order valence-corrected chi connectivity index (χ0v) is 18.1. The van der Waals surface area contributed by atoms with E-state index in [0.29, 0.717) is 29.4 Å². The number of hydrogen-bond donors (Lipinski definition) is 1. The van der Waals surface area contributed by atoms with E-state index in [1.54, 1.807) is 16.8 Å². The number of nitrogens with one attached hydrogen (secondary N) is 1. The minimum Gasteiger partial charge on any atom is -0.494 e. The van der Waals surface area contributed by atoms with Gasteiger partial charge in [-0.15, -0.1) is 5.10 Å². The highest BCUT2D eigenvalue weighted by atomic mass is 19.1. The molecule has 0 unspecified atom stereocenters. The number of ether oxygens (including phenoxy) is 1. The predicted octanol–water partition coefficient (Wildman–Crippen LogP) is 5.34. The first kappa shape index (κ1) is 21.2. The molecule has 32 heavy (non-hydrogen) atoms. The van der Waals surface area contributed by atoms with Crippen molar-refractivity contribution in [1.82, 2.24) is 14.8 Å². The molecule has 7 heteroatoms. The minimum atomic E-state index is -0.429. The second-order valence-corrected chi connectivity index (χ2v) is 7.36. The summed E-state index contributed by atoms with van der Waals surface area (Å²) < 4.78 is 20.5. The van der Waals surface area contributed by atoms with Crippen LogP contribution in [0, 0.1) is 19.7 Å². The zero-order valence-electron chi connectivity index (χ0n) is 18.1. The smallest absolute Gasteiger partial charge is 0.295 e.